The highest BCUT2D eigenvalue weighted by Crippen LogP contribution is 2.32. The topological polar surface area (TPSA) is 55.2 Å². The first-order valence-corrected chi connectivity index (χ1v) is 11.9. The highest BCUT2D eigenvalue weighted by atomic mass is 32.2. The average Bonchev–Trinajstić information content (AvgIpc) is 3.22. The van der Waals surface area contributed by atoms with Gasteiger partial charge in [-0.1, -0.05) is 59.8 Å². The van der Waals surface area contributed by atoms with E-state index in [0.29, 0.717) is 21.9 Å². The van der Waals surface area contributed by atoms with Crippen molar-refractivity contribution in [3.05, 3.63) is 75.9 Å². The lowest BCUT2D eigenvalue weighted by Gasteiger charge is -2.17. The van der Waals surface area contributed by atoms with E-state index in [2.05, 4.69) is 24.3 Å². The summed E-state index contributed by atoms with van der Waals surface area (Å²) < 4.78 is 2.30. The quantitative estimate of drug-likeness (QED) is 0.300. The number of carbonyl (C=O) groups excluding carboxylic acids is 1. The SMILES string of the molecule is CCn1c(SCC(=O)N(C)c2ccccc2)nc2c(-c3ccc(C)cc3)csc2c1=O. The molecule has 0 fully saturated rings. The number of aromatic nitrogens is 2. The fourth-order valence-corrected chi connectivity index (χ4v) is 5.26. The molecule has 0 unspecified atom stereocenters. The van der Waals surface area contributed by atoms with Crippen molar-refractivity contribution in [2.24, 2.45) is 0 Å². The van der Waals surface area contributed by atoms with E-state index in [1.54, 1.807) is 16.5 Å². The summed E-state index contributed by atoms with van der Waals surface area (Å²) in [4.78, 5) is 32.3. The molecule has 1 amide bonds. The van der Waals surface area contributed by atoms with E-state index in [1.165, 1.54) is 28.7 Å². The van der Waals surface area contributed by atoms with Gasteiger partial charge in [-0.2, -0.15) is 0 Å². The summed E-state index contributed by atoms with van der Waals surface area (Å²) >= 11 is 2.73. The zero-order valence-electron chi connectivity index (χ0n) is 17.7. The van der Waals surface area contributed by atoms with Crippen LogP contribution in [0.5, 0.6) is 0 Å². The van der Waals surface area contributed by atoms with Crippen molar-refractivity contribution >= 4 is 44.9 Å². The molecule has 0 spiro atoms. The normalized spacial score (nSPS) is 11.1. The second-order valence-corrected chi connectivity index (χ2v) is 9.04. The van der Waals surface area contributed by atoms with Crippen molar-refractivity contribution < 1.29 is 4.79 Å². The van der Waals surface area contributed by atoms with Gasteiger partial charge in [-0.25, -0.2) is 4.98 Å². The molecule has 5 nitrogen and oxygen atoms in total. The molecule has 0 aliphatic rings. The number of hydrogen-bond donors (Lipinski definition) is 0. The molecule has 0 radical (unpaired) electrons. The number of thioether (sulfide) groups is 1. The Bertz CT molecular complexity index is 1280. The highest BCUT2D eigenvalue weighted by molar-refractivity contribution is 7.99. The number of thiophene rings is 1. The third kappa shape index (κ3) is 4.29. The molecule has 0 aliphatic carbocycles. The first kappa shape index (κ1) is 21.3. The summed E-state index contributed by atoms with van der Waals surface area (Å²) in [5.74, 6) is 0.158. The van der Waals surface area contributed by atoms with Gasteiger partial charge in [0.05, 0.1) is 11.3 Å². The number of fused-ring (bicyclic) bond motifs is 1. The molecule has 2 aromatic carbocycles. The monoisotopic (exact) mass is 449 g/mol. The maximum Gasteiger partial charge on any atom is 0.272 e. The van der Waals surface area contributed by atoms with Gasteiger partial charge in [0.25, 0.3) is 5.56 Å². The van der Waals surface area contributed by atoms with Crippen LogP contribution in [-0.4, -0.2) is 28.3 Å². The average molecular weight is 450 g/mol. The zero-order chi connectivity index (χ0) is 22.0. The first-order chi connectivity index (χ1) is 15.0. The van der Waals surface area contributed by atoms with E-state index < -0.39 is 0 Å². The van der Waals surface area contributed by atoms with Gasteiger partial charge in [0.2, 0.25) is 5.91 Å². The number of rotatable bonds is 6. The van der Waals surface area contributed by atoms with Crippen LogP contribution in [-0.2, 0) is 11.3 Å². The molecular formula is C24H23N3O2S2. The van der Waals surface area contributed by atoms with Gasteiger partial charge < -0.3 is 4.90 Å². The highest BCUT2D eigenvalue weighted by Gasteiger charge is 2.18. The Labute approximate surface area is 189 Å². The molecule has 0 saturated carbocycles. The predicted octanol–water partition coefficient (Wildman–Crippen LogP) is 5.21. The number of para-hydroxylation sites is 1. The molecule has 0 saturated heterocycles. The van der Waals surface area contributed by atoms with Crippen LogP contribution in [0, 0.1) is 6.92 Å². The van der Waals surface area contributed by atoms with Crippen LogP contribution in [0.4, 0.5) is 5.69 Å². The number of anilines is 1. The molecule has 0 aliphatic heterocycles. The standard InChI is InChI=1S/C24H23N3O2S2/c1-4-27-23(29)22-21(19(14-30-22)17-12-10-16(2)11-13-17)25-24(27)31-15-20(28)26(3)18-8-6-5-7-9-18/h5-14H,4,15H2,1-3H3. The van der Waals surface area contributed by atoms with Gasteiger partial charge in [-0.05, 0) is 31.5 Å². The van der Waals surface area contributed by atoms with Crippen molar-refractivity contribution in [2.75, 3.05) is 17.7 Å². The van der Waals surface area contributed by atoms with Gasteiger partial charge in [0, 0.05) is 30.2 Å². The Balaban J connectivity index is 1.67. The second-order valence-electron chi connectivity index (χ2n) is 7.21. The maximum atomic E-state index is 13.1. The van der Waals surface area contributed by atoms with E-state index >= 15 is 0 Å². The van der Waals surface area contributed by atoms with Crippen molar-refractivity contribution in [1.29, 1.82) is 0 Å². The van der Waals surface area contributed by atoms with E-state index in [9.17, 15) is 9.59 Å². The van der Waals surface area contributed by atoms with Crippen LogP contribution in [0.2, 0.25) is 0 Å². The van der Waals surface area contributed by atoms with Crippen molar-refractivity contribution in [3.8, 4) is 11.1 Å². The Kier molecular flexibility index (Phi) is 6.25. The Morgan fingerprint density at radius 1 is 1.13 bits per heavy atom. The molecule has 2 heterocycles. The van der Waals surface area contributed by atoms with Gasteiger partial charge in [0.15, 0.2) is 5.16 Å². The summed E-state index contributed by atoms with van der Waals surface area (Å²) in [6.45, 7) is 4.47. The van der Waals surface area contributed by atoms with Crippen LogP contribution in [0.25, 0.3) is 21.3 Å². The van der Waals surface area contributed by atoms with E-state index in [-0.39, 0.29) is 17.2 Å². The summed E-state index contributed by atoms with van der Waals surface area (Å²) in [6, 6.07) is 17.7. The smallest absolute Gasteiger partial charge is 0.272 e. The first-order valence-electron chi connectivity index (χ1n) is 10.0. The van der Waals surface area contributed by atoms with Crippen molar-refractivity contribution in [1.82, 2.24) is 9.55 Å². The van der Waals surface area contributed by atoms with E-state index in [4.69, 9.17) is 4.98 Å². The van der Waals surface area contributed by atoms with Gasteiger partial charge in [-0.15, -0.1) is 11.3 Å². The van der Waals surface area contributed by atoms with Crippen LogP contribution in [0.15, 0.2) is 69.9 Å². The summed E-state index contributed by atoms with van der Waals surface area (Å²) in [5, 5.41) is 2.56. The van der Waals surface area contributed by atoms with Gasteiger partial charge in [0.1, 0.15) is 4.70 Å². The van der Waals surface area contributed by atoms with Crippen LogP contribution >= 0.6 is 23.1 Å². The molecule has 2 aromatic heterocycles. The van der Waals surface area contributed by atoms with Crippen LogP contribution < -0.4 is 10.5 Å². The number of nitrogens with zero attached hydrogens (tertiary/aromatic N) is 3. The summed E-state index contributed by atoms with van der Waals surface area (Å²) in [5.41, 5.74) is 4.66. The van der Waals surface area contributed by atoms with Gasteiger partial charge >= 0.3 is 0 Å². The number of hydrogen-bond acceptors (Lipinski definition) is 5. The minimum absolute atomic E-state index is 0.0442. The summed E-state index contributed by atoms with van der Waals surface area (Å²) in [7, 11) is 1.76. The fraction of sp³-hybridized carbons (Fsp3) is 0.208. The van der Waals surface area contributed by atoms with E-state index in [0.717, 1.165) is 16.8 Å². The summed E-state index contributed by atoms with van der Waals surface area (Å²) in [6.07, 6.45) is 0. The number of aryl methyl sites for hydroxylation is 1. The molecule has 7 heteroatoms. The Hall–Kier alpha value is -2.90. The van der Waals surface area contributed by atoms with Crippen molar-refractivity contribution in [2.45, 2.75) is 25.5 Å². The Morgan fingerprint density at radius 2 is 1.84 bits per heavy atom. The second kappa shape index (κ2) is 9.08. The molecule has 0 bridgehead atoms. The van der Waals surface area contributed by atoms with Gasteiger partial charge in [-0.3, -0.25) is 14.2 Å². The molecule has 31 heavy (non-hydrogen) atoms. The predicted molar refractivity (Wildman–Crippen MR) is 130 cm³/mol. The molecule has 4 aromatic rings. The van der Waals surface area contributed by atoms with Crippen LogP contribution in [0.1, 0.15) is 12.5 Å². The minimum Gasteiger partial charge on any atom is -0.315 e. The maximum absolute atomic E-state index is 13.1. The van der Waals surface area contributed by atoms with E-state index in [1.807, 2.05) is 49.6 Å². The third-order valence-electron chi connectivity index (χ3n) is 5.16. The Morgan fingerprint density at radius 3 is 2.52 bits per heavy atom. The number of amides is 1. The third-order valence-corrected chi connectivity index (χ3v) is 7.08. The molecular weight excluding hydrogens is 426 g/mol. The van der Waals surface area contributed by atoms with Crippen molar-refractivity contribution in [3.63, 3.8) is 0 Å². The lowest BCUT2D eigenvalue weighted by molar-refractivity contribution is -0.115. The lowest BCUT2D eigenvalue weighted by atomic mass is 10.1. The molecule has 0 atom stereocenters. The zero-order valence-corrected chi connectivity index (χ0v) is 19.3. The molecule has 4 rings (SSSR count). The number of benzene rings is 2. The lowest BCUT2D eigenvalue weighted by Crippen LogP contribution is -2.28. The largest absolute Gasteiger partial charge is 0.315 e. The van der Waals surface area contributed by atoms with Crippen LogP contribution in [0.3, 0.4) is 0 Å². The molecule has 158 valence electrons. The molecule has 0 N–H and O–H groups in total. The fourth-order valence-electron chi connectivity index (χ4n) is 3.33. The minimum atomic E-state index is -0.0535. The number of carbonyl (C=O) groups is 1.